The average molecular weight is 368 g/mol. The van der Waals surface area contributed by atoms with Gasteiger partial charge in [-0.05, 0) is 55.1 Å². The summed E-state index contributed by atoms with van der Waals surface area (Å²) in [5.41, 5.74) is 1.50. The first kappa shape index (κ1) is 15.7. The van der Waals surface area contributed by atoms with Crippen LogP contribution < -0.4 is 5.32 Å². The van der Waals surface area contributed by atoms with Gasteiger partial charge in [0, 0.05) is 10.2 Å². The minimum atomic E-state index is -0.859. The highest BCUT2D eigenvalue weighted by atomic mass is 79.9. The third-order valence-electron chi connectivity index (χ3n) is 2.81. The highest BCUT2D eigenvalue weighted by Crippen LogP contribution is 2.18. The summed E-state index contributed by atoms with van der Waals surface area (Å²) < 4.78 is 6.11. The molecule has 1 atom stereocenters. The molecule has 0 bridgehead atoms. The molecular formula is C15H14BrNO3S. The van der Waals surface area contributed by atoms with Crippen LogP contribution in [0.15, 0.2) is 40.2 Å². The van der Waals surface area contributed by atoms with E-state index in [1.54, 1.807) is 19.1 Å². The van der Waals surface area contributed by atoms with E-state index in [0.717, 1.165) is 10.0 Å². The second-order valence-electron chi connectivity index (χ2n) is 4.48. The van der Waals surface area contributed by atoms with Crippen LogP contribution in [0.5, 0.6) is 0 Å². The summed E-state index contributed by atoms with van der Waals surface area (Å²) in [5.74, 6) is -0.833. The van der Waals surface area contributed by atoms with E-state index < -0.39 is 12.1 Å². The number of halogens is 1. The van der Waals surface area contributed by atoms with E-state index >= 15 is 0 Å². The van der Waals surface area contributed by atoms with Gasteiger partial charge < -0.3 is 10.1 Å². The molecule has 1 aromatic carbocycles. The van der Waals surface area contributed by atoms with Crippen molar-refractivity contribution in [2.24, 2.45) is 0 Å². The summed E-state index contributed by atoms with van der Waals surface area (Å²) in [6, 6.07) is 9.01. The van der Waals surface area contributed by atoms with E-state index in [-0.39, 0.29) is 5.91 Å². The SMILES string of the molecule is Cc1ccsc1C(=O)O[C@@H](C)C(=O)Nc1ccc(Br)cc1. The maximum atomic E-state index is 12.0. The van der Waals surface area contributed by atoms with Gasteiger partial charge in [0.1, 0.15) is 4.88 Å². The monoisotopic (exact) mass is 367 g/mol. The summed E-state index contributed by atoms with van der Waals surface area (Å²) in [4.78, 5) is 24.5. The second kappa shape index (κ2) is 6.87. The standard InChI is InChI=1S/C15H14BrNO3S/c1-9-7-8-21-13(9)15(19)20-10(2)14(18)17-12-5-3-11(16)4-6-12/h3-8,10H,1-2H3,(H,17,18)/t10-/m0/s1. The number of rotatable bonds is 4. The number of ether oxygens (including phenoxy) is 1. The number of anilines is 1. The van der Waals surface area contributed by atoms with Gasteiger partial charge in [0.2, 0.25) is 0 Å². The van der Waals surface area contributed by atoms with E-state index in [9.17, 15) is 9.59 Å². The average Bonchev–Trinajstić information content (AvgIpc) is 2.87. The van der Waals surface area contributed by atoms with Gasteiger partial charge in [0.15, 0.2) is 6.10 Å². The minimum absolute atomic E-state index is 0.361. The smallest absolute Gasteiger partial charge is 0.349 e. The van der Waals surface area contributed by atoms with Gasteiger partial charge in [-0.15, -0.1) is 11.3 Å². The van der Waals surface area contributed by atoms with Crippen molar-refractivity contribution in [3.8, 4) is 0 Å². The molecule has 6 heteroatoms. The van der Waals surface area contributed by atoms with Crippen molar-refractivity contribution in [3.05, 3.63) is 50.6 Å². The van der Waals surface area contributed by atoms with Crippen LogP contribution in [-0.4, -0.2) is 18.0 Å². The maximum absolute atomic E-state index is 12.0. The van der Waals surface area contributed by atoms with Gasteiger partial charge in [-0.3, -0.25) is 4.79 Å². The van der Waals surface area contributed by atoms with Gasteiger partial charge in [0.05, 0.1) is 0 Å². The predicted molar refractivity (Wildman–Crippen MR) is 86.7 cm³/mol. The third kappa shape index (κ3) is 4.15. The van der Waals surface area contributed by atoms with Gasteiger partial charge in [-0.25, -0.2) is 4.79 Å². The number of aryl methyl sites for hydroxylation is 1. The summed E-state index contributed by atoms with van der Waals surface area (Å²) in [6.07, 6.45) is -0.859. The Morgan fingerprint density at radius 2 is 1.90 bits per heavy atom. The molecule has 0 fully saturated rings. The largest absolute Gasteiger partial charge is 0.448 e. The molecule has 2 aromatic rings. The number of benzene rings is 1. The molecule has 0 unspecified atom stereocenters. The van der Waals surface area contributed by atoms with Crippen LogP contribution in [0.1, 0.15) is 22.2 Å². The van der Waals surface area contributed by atoms with E-state index in [1.807, 2.05) is 30.5 Å². The molecule has 1 amide bonds. The molecule has 21 heavy (non-hydrogen) atoms. The van der Waals surface area contributed by atoms with E-state index in [2.05, 4.69) is 21.2 Å². The van der Waals surface area contributed by atoms with E-state index in [1.165, 1.54) is 11.3 Å². The zero-order valence-corrected chi connectivity index (χ0v) is 14.0. The van der Waals surface area contributed by atoms with Crippen LogP contribution in [0.25, 0.3) is 0 Å². The van der Waals surface area contributed by atoms with Crippen LogP contribution in [-0.2, 0) is 9.53 Å². The van der Waals surface area contributed by atoms with Crippen molar-refractivity contribution in [1.29, 1.82) is 0 Å². The Labute approximate surface area is 135 Å². The number of nitrogens with one attached hydrogen (secondary N) is 1. The number of hydrogen-bond acceptors (Lipinski definition) is 4. The Morgan fingerprint density at radius 1 is 1.24 bits per heavy atom. The lowest BCUT2D eigenvalue weighted by molar-refractivity contribution is -0.123. The Kier molecular flexibility index (Phi) is 5.14. The number of carbonyl (C=O) groups excluding carboxylic acids is 2. The molecule has 2 rings (SSSR count). The van der Waals surface area contributed by atoms with Gasteiger partial charge >= 0.3 is 5.97 Å². The topological polar surface area (TPSA) is 55.4 Å². The molecule has 110 valence electrons. The molecule has 1 aromatic heterocycles. The predicted octanol–water partition coefficient (Wildman–Crippen LogP) is 4.00. The first-order valence-electron chi connectivity index (χ1n) is 6.29. The highest BCUT2D eigenvalue weighted by molar-refractivity contribution is 9.10. The zero-order valence-electron chi connectivity index (χ0n) is 11.6. The number of amides is 1. The van der Waals surface area contributed by atoms with Crippen LogP contribution in [0.4, 0.5) is 5.69 Å². The Morgan fingerprint density at radius 3 is 2.48 bits per heavy atom. The number of esters is 1. The van der Waals surface area contributed by atoms with Gasteiger partial charge in [-0.1, -0.05) is 15.9 Å². The minimum Gasteiger partial charge on any atom is -0.448 e. The lowest BCUT2D eigenvalue weighted by atomic mass is 10.3. The van der Waals surface area contributed by atoms with Crippen molar-refractivity contribution in [2.75, 3.05) is 5.32 Å². The molecule has 0 saturated carbocycles. The van der Waals surface area contributed by atoms with Crippen LogP contribution in [0.2, 0.25) is 0 Å². The molecule has 0 aliphatic heterocycles. The van der Waals surface area contributed by atoms with Gasteiger partial charge in [-0.2, -0.15) is 0 Å². The van der Waals surface area contributed by atoms with E-state index in [0.29, 0.717) is 10.6 Å². The Balaban J connectivity index is 1.95. The lowest BCUT2D eigenvalue weighted by Crippen LogP contribution is -2.29. The summed E-state index contributed by atoms with van der Waals surface area (Å²) in [7, 11) is 0. The molecule has 1 heterocycles. The van der Waals surface area contributed by atoms with E-state index in [4.69, 9.17) is 4.74 Å². The molecule has 0 saturated heterocycles. The van der Waals surface area contributed by atoms with Crippen LogP contribution in [0, 0.1) is 6.92 Å². The van der Waals surface area contributed by atoms with Crippen molar-refractivity contribution in [2.45, 2.75) is 20.0 Å². The fraction of sp³-hybridized carbons (Fsp3) is 0.200. The third-order valence-corrected chi connectivity index (χ3v) is 4.34. The summed E-state index contributed by atoms with van der Waals surface area (Å²) in [6.45, 7) is 3.38. The van der Waals surface area contributed by atoms with Crippen LogP contribution in [0.3, 0.4) is 0 Å². The quantitative estimate of drug-likeness (QED) is 0.830. The molecule has 0 aliphatic rings. The Bertz CT molecular complexity index is 651. The lowest BCUT2D eigenvalue weighted by Gasteiger charge is -2.13. The van der Waals surface area contributed by atoms with Crippen molar-refractivity contribution in [1.82, 2.24) is 0 Å². The first-order valence-corrected chi connectivity index (χ1v) is 7.96. The summed E-state index contributed by atoms with van der Waals surface area (Å²) >= 11 is 4.63. The molecule has 0 aliphatic carbocycles. The van der Waals surface area contributed by atoms with Crippen molar-refractivity contribution >= 4 is 44.8 Å². The first-order chi connectivity index (χ1) is 9.97. The fourth-order valence-electron chi connectivity index (χ4n) is 1.63. The molecule has 0 spiro atoms. The normalized spacial score (nSPS) is 11.8. The molecule has 0 radical (unpaired) electrons. The number of hydrogen-bond donors (Lipinski definition) is 1. The number of carbonyl (C=O) groups is 2. The van der Waals surface area contributed by atoms with Gasteiger partial charge in [0.25, 0.3) is 5.91 Å². The second-order valence-corrected chi connectivity index (χ2v) is 6.31. The molecule has 1 N–H and O–H groups in total. The highest BCUT2D eigenvalue weighted by Gasteiger charge is 2.20. The van der Waals surface area contributed by atoms with Crippen LogP contribution >= 0.6 is 27.3 Å². The molecular weight excluding hydrogens is 354 g/mol. The zero-order chi connectivity index (χ0) is 15.4. The number of thiophene rings is 1. The van der Waals surface area contributed by atoms with Crippen molar-refractivity contribution in [3.63, 3.8) is 0 Å². The van der Waals surface area contributed by atoms with Crippen molar-refractivity contribution < 1.29 is 14.3 Å². The maximum Gasteiger partial charge on any atom is 0.349 e. The Hall–Kier alpha value is -1.66. The summed E-state index contributed by atoms with van der Waals surface area (Å²) in [5, 5.41) is 4.52. The molecule has 4 nitrogen and oxygen atoms in total. The fourth-order valence-corrected chi connectivity index (χ4v) is 2.70.